The van der Waals surface area contributed by atoms with Crippen molar-refractivity contribution in [3.63, 3.8) is 0 Å². The maximum Gasteiger partial charge on any atom is 0.315 e. The Kier molecular flexibility index (Phi) is 0.908. The van der Waals surface area contributed by atoms with Crippen molar-refractivity contribution in [3.8, 4) is 0 Å². The van der Waals surface area contributed by atoms with Gasteiger partial charge >= 0.3 is 6.03 Å². The molecule has 0 radical (unpaired) electrons. The third kappa shape index (κ3) is 0.556. The van der Waals surface area contributed by atoms with Gasteiger partial charge in [-0.3, -0.25) is 0 Å². The lowest BCUT2D eigenvalue weighted by Crippen LogP contribution is -2.46. The minimum Gasteiger partial charge on any atom is -0.351 e. The van der Waals surface area contributed by atoms with Gasteiger partial charge in [-0.15, -0.1) is 0 Å². The van der Waals surface area contributed by atoms with Crippen LogP contribution in [0.25, 0.3) is 0 Å². The van der Waals surface area contributed by atoms with Crippen molar-refractivity contribution in [2.24, 2.45) is 17.6 Å². The molecule has 3 rings (SSSR count). The fraction of sp³-hybridized carbons (Fsp3) is 0.444. The third-order valence-electron chi connectivity index (χ3n) is 3.05. The molecule has 0 saturated heterocycles. The van der Waals surface area contributed by atoms with Crippen molar-refractivity contribution in [1.82, 2.24) is 4.90 Å². The molecule has 2 atom stereocenters. The first-order chi connectivity index (χ1) is 5.79. The van der Waals surface area contributed by atoms with Gasteiger partial charge in [-0.25, -0.2) is 4.79 Å². The summed E-state index contributed by atoms with van der Waals surface area (Å²) in [7, 11) is 0. The first kappa shape index (κ1) is 6.29. The Morgan fingerprint density at radius 2 is 1.75 bits per heavy atom. The molecule has 3 aliphatic rings. The highest BCUT2D eigenvalue weighted by Crippen LogP contribution is 2.51. The molecule has 1 aliphatic carbocycles. The van der Waals surface area contributed by atoms with E-state index < -0.39 is 0 Å². The molecular weight excluding hydrogens is 152 g/mol. The second-order valence-electron chi connectivity index (χ2n) is 3.65. The van der Waals surface area contributed by atoms with Crippen molar-refractivity contribution in [3.05, 3.63) is 24.3 Å². The molecule has 3 heteroatoms. The molecule has 2 heterocycles. The number of carbonyl (C=O) groups excluding carboxylic acids is 1. The van der Waals surface area contributed by atoms with Gasteiger partial charge in [-0.05, 0) is 0 Å². The first-order valence-corrected chi connectivity index (χ1v) is 4.23. The largest absolute Gasteiger partial charge is 0.351 e. The Morgan fingerprint density at radius 1 is 1.17 bits per heavy atom. The molecule has 12 heavy (non-hydrogen) atoms. The highest BCUT2D eigenvalue weighted by molar-refractivity contribution is 5.75. The van der Waals surface area contributed by atoms with Gasteiger partial charge in [-0.2, -0.15) is 0 Å². The molecule has 1 fully saturated rings. The summed E-state index contributed by atoms with van der Waals surface area (Å²) in [5.41, 5.74) is 5.29. The smallest absolute Gasteiger partial charge is 0.315 e. The van der Waals surface area contributed by atoms with E-state index in [4.69, 9.17) is 5.73 Å². The molecule has 2 N–H and O–H groups in total. The third-order valence-corrected chi connectivity index (χ3v) is 3.05. The molecule has 62 valence electrons. The van der Waals surface area contributed by atoms with Crippen molar-refractivity contribution in [1.29, 1.82) is 0 Å². The molecule has 2 bridgehead atoms. The highest BCUT2D eigenvalue weighted by atomic mass is 16.2. The number of carbonyl (C=O) groups is 1. The van der Waals surface area contributed by atoms with Crippen molar-refractivity contribution in [2.45, 2.75) is 12.1 Å². The topological polar surface area (TPSA) is 46.3 Å². The minimum atomic E-state index is -0.286. The molecule has 0 aromatic heterocycles. The molecule has 3 nitrogen and oxygen atoms in total. The number of rotatable bonds is 0. The molecule has 0 spiro atoms. The van der Waals surface area contributed by atoms with Gasteiger partial charge in [0.1, 0.15) is 0 Å². The fourth-order valence-corrected chi connectivity index (χ4v) is 2.42. The maximum atomic E-state index is 11.1. The van der Waals surface area contributed by atoms with Gasteiger partial charge < -0.3 is 10.6 Å². The Bertz CT molecular complexity index is 288. The van der Waals surface area contributed by atoms with E-state index in [1.807, 2.05) is 0 Å². The summed E-state index contributed by atoms with van der Waals surface area (Å²) in [4.78, 5) is 12.8. The molecule has 0 aromatic carbocycles. The van der Waals surface area contributed by atoms with Crippen LogP contribution in [0.5, 0.6) is 0 Å². The number of nitrogens with two attached hydrogens (primary N) is 1. The Hall–Kier alpha value is -1.25. The monoisotopic (exact) mass is 162 g/mol. The lowest BCUT2D eigenvalue weighted by atomic mass is 10.1. The van der Waals surface area contributed by atoms with E-state index >= 15 is 0 Å². The van der Waals surface area contributed by atoms with Crippen molar-refractivity contribution >= 4 is 6.03 Å². The molecule has 1 saturated carbocycles. The molecule has 2 aliphatic heterocycles. The van der Waals surface area contributed by atoms with Crippen LogP contribution in [0, 0.1) is 11.8 Å². The quantitative estimate of drug-likeness (QED) is 0.518. The summed E-state index contributed by atoms with van der Waals surface area (Å²) in [6.07, 6.45) is 8.55. The van der Waals surface area contributed by atoms with Crippen LogP contribution in [-0.2, 0) is 0 Å². The number of urea groups is 1. The lowest BCUT2D eigenvalue weighted by molar-refractivity contribution is 0.193. The normalized spacial score (nSPS) is 46.2. The summed E-state index contributed by atoms with van der Waals surface area (Å²) in [6.45, 7) is 0. The Morgan fingerprint density at radius 3 is 2.17 bits per heavy atom. The zero-order valence-electron chi connectivity index (χ0n) is 6.55. The average Bonchev–Trinajstić information content (AvgIpc) is 2.77. The maximum absolute atomic E-state index is 11.1. The van der Waals surface area contributed by atoms with E-state index in [0.717, 1.165) is 0 Å². The van der Waals surface area contributed by atoms with Crippen LogP contribution in [0.2, 0.25) is 0 Å². The van der Waals surface area contributed by atoms with E-state index in [9.17, 15) is 4.79 Å². The fourth-order valence-electron chi connectivity index (χ4n) is 2.42. The molecule has 2 unspecified atom stereocenters. The summed E-state index contributed by atoms with van der Waals surface area (Å²) in [5, 5.41) is 0. The summed E-state index contributed by atoms with van der Waals surface area (Å²) < 4.78 is 0. The van der Waals surface area contributed by atoms with Gasteiger partial charge in [0.15, 0.2) is 0 Å². The number of primary amides is 1. The van der Waals surface area contributed by atoms with E-state index in [1.165, 1.54) is 0 Å². The van der Waals surface area contributed by atoms with Gasteiger partial charge in [-0.1, -0.05) is 24.3 Å². The SMILES string of the molecule is NC(=O)N1C2C=CC3C(C=C2)C31. The van der Waals surface area contributed by atoms with Gasteiger partial charge in [0.05, 0.1) is 6.04 Å². The van der Waals surface area contributed by atoms with Crippen LogP contribution in [-0.4, -0.2) is 23.0 Å². The second-order valence-corrected chi connectivity index (χ2v) is 3.65. The average molecular weight is 162 g/mol. The number of hydrogen-bond donors (Lipinski definition) is 1. The Balaban J connectivity index is 2.05. The first-order valence-electron chi connectivity index (χ1n) is 4.23. The van der Waals surface area contributed by atoms with Gasteiger partial charge in [0, 0.05) is 17.9 Å². The Labute approximate surface area is 70.5 Å². The number of fused-ring (bicyclic) bond motifs is 2. The molecule has 2 amide bonds. The second kappa shape index (κ2) is 1.73. The number of amides is 2. The van der Waals surface area contributed by atoms with Crippen LogP contribution < -0.4 is 5.73 Å². The van der Waals surface area contributed by atoms with Gasteiger partial charge in [0.2, 0.25) is 0 Å². The van der Waals surface area contributed by atoms with Crippen LogP contribution in [0.15, 0.2) is 24.3 Å². The zero-order valence-corrected chi connectivity index (χ0v) is 6.55. The number of nitrogens with zero attached hydrogens (tertiary/aromatic N) is 1. The number of hydrogen-bond acceptors (Lipinski definition) is 1. The van der Waals surface area contributed by atoms with Crippen molar-refractivity contribution < 1.29 is 4.79 Å². The van der Waals surface area contributed by atoms with E-state index in [2.05, 4.69) is 24.3 Å². The highest BCUT2D eigenvalue weighted by Gasteiger charge is 2.56. The predicted molar refractivity (Wildman–Crippen MR) is 44.3 cm³/mol. The summed E-state index contributed by atoms with van der Waals surface area (Å²) >= 11 is 0. The van der Waals surface area contributed by atoms with Crippen LogP contribution in [0.1, 0.15) is 0 Å². The van der Waals surface area contributed by atoms with Crippen LogP contribution in [0.3, 0.4) is 0 Å². The minimum absolute atomic E-state index is 0.127. The standard InChI is InChI=1S/C9H10N2O/c10-9(12)11-5-1-3-6-7(4-2-5)8(6)11/h1-8H,(H2,10,12). The lowest BCUT2D eigenvalue weighted by Gasteiger charge is -2.30. The van der Waals surface area contributed by atoms with E-state index in [-0.39, 0.29) is 12.1 Å². The van der Waals surface area contributed by atoms with Crippen LogP contribution >= 0.6 is 0 Å². The molecular formula is C9H10N2O. The summed E-state index contributed by atoms with van der Waals surface area (Å²) in [5.74, 6) is 1.10. The molecule has 0 aromatic rings. The van der Waals surface area contributed by atoms with Gasteiger partial charge in [0.25, 0.3) is 0 Å². The van der Waals surface area contributed by atoms with Crippen LogP contribution in [0.4, 0.5) is 4.79 Å². The van der Waals surface area contributed by atoms with E-state index in [1.54, 1.807) is 4.90 Å². The van der Waals surface area contributed by atoms with Crippen molar-refractivity contribution in [2.75, 3.05) is 0 Å². The summed E-state index contributed by atoms with van der Waals surface area (Å²) in [6, 6.07) is 0.219. The zero-order chi connectivity index (χ0) is 8.29. The van der Waals surface area contributed by atoms with E-state index in [0.29, 0.717) is 17.9 Å². The predicted octanol–water partition coefficient (Wildman–Crippen LogP) is 0.490.